The molecule has 2 N–H and O–H groups in total. The van der Waals surface area contributed by atoms with Crippen LogP contribution >= 0.6 is 54.5 Å². The maximum absolute atomic E-state index is 12.1. The lowest BCUT2D eigenvalue weighted by Gasteiger charge is -1.90. The highest BCUT2D eigenvalue weighted by molar-refractivity contribution is 9.11. The first-order valence-corrected chi connectivity index (χ1v) is 9.30. The van der Waals surface area contributed by atoms with Gasteiger partial charge in [0.2, 0.25) is 0 Å². The van der Waals surface area contributed by atoms with Gasteiger partial charge in [-0.1, -0.05) is 0 Å². The third-order valence-electron chi connectivity index (χ3n) is 2.75. The molecule has 0 spiro atoms. The van der Waals surface area contributed by atoms with Crippen molar-refractivity contribution in [2.24, 2.45) is 0 Å². The molecule has 0 aliphatic heterocycles. The highest BCUT2D eigenvalue weighted by Gasteiger charge is 2.00. The van der Waals surface area contributed by atoms with Gasteiger partial charge in [0.05, 0.1) is 7.57 Å². The molecular weight excluding hydrogens is 452 g/mol. The van der Waals surface area contributed by atoms with Crippen molar-refractivity contribution in [3.8, 4) is 0 Å². The zero-order valence-electron chi connectivity index (χ0n) is 10.9. The van der Waals surface area contributed by atoms with Crippen molar-refractivity contribution in [1.29, 1.82) is 0 Å². The van der Waals surface area contributed by atoms with Crippen molar-refractivity contribution in [3.05, 3.63) is 73.0 Å². The molecule has 0 saturated carbocycles. The van der Waals surface area contributed by atoms with Gasteiger partial charge in [-0.25, -0.2) is 0 Å². The average molecular weight is 460 g/mol. The van der Waals surface area contributed by atoms with E-state index in [4.69, 9.17) is 0 Å². The molecule has 3 rings (SSSR count). The summed E-state index contributed by atoms with van der Waals surface area (Å²) >= 11 is 9.69. The summed E-state index contributed by atoms with van der Waals surface area (Å²) in [7, 11) is 0. The van der Waals surface area contributed by atoms with Crippen LogP contribution in [0.15, 0.2) is 41.4 Å². The van der Waals surface area contributed by atoms with Gasteiger partial charge in [-0.05, 0) is 68.3 Å². The number of nitrogens with one attached hydrogen (secondary N) is 2. The molecule has 8 heteroatoms. The summed E-state index contributed by atoms with van der Waals surface area (Å²) in [4.78, 5) is 31.2. The molecule has 112 valence electrons. The van der Waals surface area contributed by atoms with Gasteiger partial charge in [0.25, 0.3) is 11.1 Å². The van der Waals surface area contributed by atoms with Crippen LogP contribution in [0.2, 0.25) is 0 Å². The Bertz CT molecular complexity index is 973. The molecule has 0 radical (unpaired) electrons. The summed E-state index contributed by atoms with van der Waals surface area (Å²) in [6.45, 7) is 0. The molecule has 0 bridgehead atoms. The topological polar surface area (TPSA) is 65.7 Å². The van der Waals surface area contributed by atoms with E-state index in [-0.39, 0.29) is 21.8 Å². The van der Waals surface area contributed by atoms with Crippen molar-refractivity contribution in [2.45, 2.75) is 0 Å². The summed E-state index contributed by atoms with van der Waals surface area (Å²) in [6, 6.07) is 7.52. The van der Waals surface area contributed by atoms with Crippen LogP contribution in [-0.2, 0) is 0 Å². The van der Waals surface area contributed by atoms with E-state index in [1.165, 1.54) is 22.7 Å². The lowest BCUT2D eigenvalue weighted by Crippen LogP contribution is -2.46. The lowest BCUT2D eigenvalue weighted by atomic mass is 10.4. The molecule has 3 aromatic heterocycles. The molecular formula is C14H8Br2N2O2S2. The molecule has 22 heavy (non-hydrogen) atoms. The second kappa shape index (κ2) is 6.49. The monoisotopic (exact) mass is 458 g/mol. The van der Waals surface area contributed by atoms with Crippen LogP contribution < -0.4 is 21.8 Å². The standard InChI is InChI=1S/C14H8Br2N2O2S2/c15-11-3-1-7(21-11)5-9-13(19)18-10(14(20)17-9)6-8-2-4-12(16)22-8/h1-6H,(H,17,20)(H,18,19)/b9-5-,10-6-. The minimum Gasteiger partial charge on any atom is -0.316 e. The molecule has 0 aliphatic carbocycles. The first-order chi connectivity index (χ1) is 10.5. The normalized spacial score (nSPS) is 13.0. The number of hydrogen-bond donors (Lipinski definition) is 2. The van der Waals surface area contributed by atoms with Gasteiger partial charge in [-0.3, -0.25) is 9.59 Å². The first kappa shape index (κ1) is 15.7. The minimum atomic E-state index is -0.328. The maximum atomic E-state index is 12.1. The fraction of sp³-hybridized carbons (Fsp3) is 0. The Morgan fingerprint density at radius 3 is 1.50 bits per heavy atom. The Morgan fingerprint density at radius 1 is 0.773 bits per heavy atom. The SMILES string of the molecule is O=c1[nH]/c(=C\c2ccc(Br)s2)c(=O)[nH]/c1=C\c1ccc(Br)s1. The van der Waals surface area contributed by atoms with Crippen LogP contribution in [0.1, 0.15) is 9.75 Å². The molecule has 4 nitrogen and oxygen atoms in total. The van der Waals surface area contributed by atoms with Crippen LogP contribution in [0.4, 0.5) is 0 Å². The number of aromatic amines is 2. The largest absolute Gasteiger partial charge is 0.316 e. The summed E-state index contributed by atoms with van der Waals surface area (Å²) < 4.78 is 1.93. The second-order valence-electron chi connectivity index (χ2n) is 4.31. The number of aromatic nitrogens is 2. The predicted octanol–water partition coefficient (Wildman–Crippen LogP) is 2.37. The highest BCUT2D eigenvalue weighted by Crippen LogP contribution is 2.22. The van der Waals surface area contributed by atoms with Crippen molar-refractivity contribution >= 4 is 66.7 Å². The Kier molecular flexibility index (Phi) is 4.62. The number of halogens is 2. The van der Waals surface area contributed by atoms with Crippen molar-refractivity contribution < 1.29 is 0 Å². The summed E-state index contributed by atoms with van der Waals surface area (Å²) in [5.74, 6) is 0. The quantitative estimate of drug-likeness (QED) is 0.617. The fourth-order valence-electron chi connectivity index (χ4n) is 1.79. The Balaban J connectivity index is 2.13. The van der Waals surface area contributed by atoms with Crippen LogP contribution in [0.3, 0.4) is 0 Å². The number of thiophene rings is 2. The van der Waals surface area contributed by atoms with E-state index in [9.17, 15) is 9.59 Å². The molecule has 0 aromatic carbocycles. The van der Waals surface area contributed by atoms with Gasteiger partial charge >= 0.3 is 0 Å². The molecule has 0 fully saturated rings. The van der Waals surface area contributed by atoms with E-state index in [1.54, 1.807) is 12.2 Å². The third kappa shape index (κ3) is 3.57. The van der Waals surface area contributed by atoms with E-state index in [0.717, 1.165) is 17.3 Å². The van der Waals surface area contributed by atoms with Crippen LogP contribution in [0, 0.1) is 0 Å². The molecule has 0 aliphatic rings. The zero-order valence-corrected chi connectivity index (χ0v) is 15.7. The van der Waals surface area contributed by atoms with E-state index < -0.39 is 0 Å². The van der Waals surface area contributed by atoms with E-state index in [2.05, 4.69) is 41.8 Å². The summed E-state index contributed by atoms with van der Waals surface area (Å²) in [6.07, 6.45) is 3.31. The number of H-pyrrole nitrogens is 2. The van der Waals surface area contributed by atoms with Gasteiger partial charge in [0.15, 0.2) is 0 Å². The van der Waals surface area contributed by atoms with Gasteiger partial charge in [-0.15, -0.1) is 22.7 Å². The minimum absolute atomic E-state index is 0.240. The first-order valence-electron chi connectivity index (χ1n) is 6.08. The Hall–Kier alpha value is -1.22. The second-order valence-corrected chi connectivity index (χ2v) is 9.30. The molecule has 0 saturated heterocycles. The Labute approximate surface area is 149 Å². The van der Waals surface area contributed by atoms with E-state index >= 15 is 0 Å². The third-order valence-corrected chi connectivity index (χ3v) is 5.89. The highest BCUT2D eigenvalue weighted by atomic mass is 79.9. The maximum Gasteiger partial charge on any atom is 0.272 e. The smallest absolute Gasteiger partial charge is 0.272 e. The molecule has 0 unspecified atom stereocenters. The number of rotatable bonds is 2. The van der Waals surface area contributed by atoms with Crippen molar-refractivity contribution in [1.82, 2.24) is 9.97 Å². The molecule has 3 heterocycles. The molecule has 3 aromatic rings. The molecule has 0 amide bonds. The average Bonchev–Trinajstić information content (AvgIpc) is 3.04. The van der Waals surface area contributed by atoms with Crippen LogP contribution in [-0.4, -0.2) is 9.97 Å². The van der Waals surface area contributed by atoms with E-state index in [0.29, 0.717) is 0 Å². The van der Waals surface area contributed by atoms with Crippen LogP contribution in [0.5, 0.6) is 0 Å². The lowest BCUT2D eigenvalue weighted by molar-refractivity contribution is 1.00. The predicted molar refractivity (Wildman–Crippen MR) is 98.1 cm³/mol. The zero-order chi connectivity index (χ0) is 15.7. The van der Waals surface area contributed by atoms with Crippen molar-refractivity contribution in [2.75, 3.05) is 0 Å². The van der Waals surface area contributed by atoms with Gasteiger partial charge < -0.3 is 9.97 Å². The van der Waals surface area contributed by atoms with Gasteiger partial charge in [-0.2, -0.15) is 0 Å². The van der Waals surface area contributed by atoms with E-state index in [1.807, 2.05) is 24.3 Å². The van der Waals surface area contributed by atoms with Crippen molar-refractivity contribution in [3.63, 3.8) is 0 Å². The molecule has 0 atom stereocenters. The summed E-state index contributed by atoms with van der Waals surface area (Å²) in [5.41, 5.74) is -0.656. The fourth-order valence-corrected chi connectivity index (χ4v) is 4.53. The summed E-state index contributed by atoms with van der Waals surface area (Å²) in [5, 5.41) is 0.479. The Morgan fingerprint density at radius 2 is 1.18 bits per heavy atom. The number of hydrogen-bond acceptors (Lipinski definition) is 4. The van der Waals surface area contributed by atoms with Crippen LogP contribution in [0.25, 0.3) is 12.2 Å². The van der Waals surface area contributed by atoms with Gasteiger partial charge in [0, 0.05) is 9.75 Å². The van der Waals surface area contributed by atoms with Gasteiger partial charge in [0.1, 0.15) is 10.7 Å².